The van der Waals surface area contributed by atoms with Crippen LogP contribution in [0.3, 0.4) is 0 Å². The summed E-state index contributed by atoms with van der Waals surface area (Å²) in [5.74, 6) is 2.34. The highest BCUT2D eigenvalue weighted by Gasteiger charge is 2.23. The summed E-state index contributed by atoms with van der Waals surface area (Å²) in [4.78, 5) is 30.1. The first kappa shape index (κ1) is 20.7. The van der Waals surface area contributed by atoms with Crippen LogP contribution in [-0.2, 0) is 0 Å². The van der Waals surface area contributed by atoms with Crippen molar-refractivity contribution in [1.82, 2.24) is 24.4 Å². The molecule has 4 heterocycles. The van der Waals surface area contributed by atoms with Gasteiger partial charge in [-0.1, -0.05) is 0 Å². The van der Waals surface area contributed by atoms with Gasteiger partial charge in [-0.3, -0.25) is 4.79 Å². The first-order chi connectivity index (χ1) is 16.2. The minimum atomic E-state index is 0.0595. The largest absolute Gasteiger partial charge is 0.353 e. The van der Waals surface area contributed by atoms with Crippen molar-refractivity contribution in [2.24, 2.45) is 0 Å². The fraction of sp³-hybridized carbons (Fsp3) is 0.200. The molecule has 0 saturated carbocycles. The molecule has 0 unspecified atom stereocenters. The minimum Gasteiger partial charge on any atom is -0.353 e. The molecule has 1 aliphatic rings. The molecule has 5 rings (SSSR count). The topological polar surface area (TPSA) is 79.2 Å². The van der Waals surface area contributed by atoms with Crippen LogP contribution in [0.5, 0.6) is 0 Å². The molecule has 33 heavy (non-hydrogen) atoms. The Morgan fingerprint density at radius 1 is 0.879 bits per heavy atom. The maximum Gasteiger partial charge on any atom is 0.253 e. The number of carbonyl (C=O) groups excluding carboxylic acids is 1. The van der Waals surface area contributed by atoms with Crippen LogP contribution in [0.2, 0.25) is 0 Å². The lowest BCUT2D eigenvalue weighted by atomic mass is 10.1. The smallest absolute Gasteiger partial charge is 0.253 e. The van der Waals surface area contributed by atoms with Crippen molar-refractivity contribution < 1.29 is 4.79 Å². The molecular weight excluding hydrogens is 414 g/mol. The molecule has 4 aromatic rings. The zero-order valence-electron chi connectivity index (χ0n) is 18.4. The normalized spacial score (nSPS) is 13.7. The van der Waals surface area contributed by atoms with Gasteiger partial charge in [-0.2, -0.15) is 0 Å². The van der Waals surface area contributed by atoms with Crippen LogP contribution < -0.4 is 10.2 Å². The molecular formula is C25H25N7O. The summed E-state index contributed by atoms with van der Waals surface area (Å²) in [6.07, 6.45) is 7.30. The van der Waals surface area contributed by atoms with Gasteiger partial charge in [0.25, 0.3) is 5.91 Å². The summed E-state index contributed by atoms with van der Waals surface area (Å²) < 4.78 is 2.02. The number of amides is 1. The van der Waals surface area contributed by atoms with Gasteiger partial charge in [-0.05, 0) is 61.0 Å². The van der Waals surface area contributed by atoms with Gasteiger partial charge in [0.2, 0.25) is 0 Å². The Morgan fingerprint density at radius 3 is 2.33 bits per heavy atom. The van der Waals surface area contributed by atoms with Crippen molar-refractivity contribution in [3.8, 4) is 5.69 Å². The van der Waals surface area contributed by atoms with E-state index in [1.807, 2.05) is 83.4 Å². The second-order valence-corrected chi connectivity index (χ2v) is 8.02. The number of nitrogens with zero attached hydrogens (tertiary/aromatic N) is 6. The molecule has 1 aromatic carbocycles. The molecule has 8 heteroatoms. The third-order valence-corrected chi connectivity index (χ3v) is 5.73. The number of anilines is 3. The average Bonchev–Trinajstić information content (AvgIpc) is 3.39. The molecule has 166 valence electrons. The van der Waals surface area contributed by atoms with Gasteiger partial charge in [0, 0.05) is 62.1 Å². The average molecular weight is 440 g/mol. The van der Waals surface area contributed by atoms with E-state index in [0.29, 0.717) is 37.6 Å². The van der Waals surface area contributed by atoms with E-state index in [9.17, 15) is 4.79 Å². The van der Waals surface area contributed by atoms with Crippen LogP contribution >= 0.6 is 0 Å². The first-order valence-electron chi connectivity index (χ1n) is 10.9. The van der Waals surface area contributed by atoms with Gasteiger partial charge in [-0.15, -0.1) is 0 Å². The van der Waals surface area contributed by atoms with Gasteiger partial charge in [-0.25, -0.2) is 15.0 Å². The molecule has 1 aliphatic heterocycles. The number of hydrogen-bond donors (Lipinski definition) is 1. The van der Waals surface area contributed by atoms with Crippen molar-refractivity contribution in [1.29, 1.82) is 0 Å². The van der Waals surface area contributed by atoms with E-state index in [4.69, 9.17) is 0 Å². The lowest BCUT2D eigenvalue weighted by Crippen LogP contribution is -2.49. The lowest BCUT2D eigenvalue weighted by Gasteiger charge is -2.35. The first-order valence-corrected chi connectivity index (χ1v) is 10.9. The molecule has 0 aliphatic carbocycles. The third kappa shape index (κ3) is 4.69. The summed E-state index contributed by atoms with van der Waals surface area (Å²) in [7, 11) is 0. The lowest BCUT2D eigenvalue weighted by molar-refractivity contribution is 0.0746. The van der Waals surface area contributed by atoms with Crippen molar-refractivity contribution in [3.63, 3.8) is 0 Å². The molecule has 1 amide bonds. The van der Waals surface area contributed by atoms with Gasteiger partial charge in [0.05, 0.1) is 0 Å². The molecule has 0 bridgehead atoms. The summed E-state index contributed by atoms with van der Waals surface area (Å²) >= 11 is 0. The second kappa shape index (κ2) is 9.12. The summed E-state index contributed by atoms with van der Waals surface area (Å²) in [5.41, 5.74) is 2.87. The van der Waals surface area contributed by atoms with Crippen LogP contribution in [0.25, 0.3) is 5.69 Å². The van der Waals surface area contributed by atoms with E-state index in [0.717, 1.165) is 22.9 Å². The molecule has 0 radical (unpaired) electrons. The van der Waals surface area contributed by atoms with Gasteiger partial charge < -0.3 is 19.7 Å². The SMILES string of the molecule is Cc1ccnc(Nc2cc(N3CCN(C(=O)c4ccc(-n5cccc5)cc4)CC3)ncn2)c1. The monoisotopic (exact) mass is 439 g/mol. The maximum atomic E-state index is 13.0. The van der Waals surface area contributed by atoms with Crippen LogP contribution in [0.4, 0.5) is 17.5 Å². The molecule has 0 spiro atoms. The van der Waals surface area contributed by atoms with E-state index in [1.54, 1.807) is 12.5 Å². The van der Waals surface area contributed by atoms with E-state index in [1.165, 1.54) is 0 Å². The molecule has 1 fully saturated rings. The third-order valence-electron chi connectivity index (χ3n) is 5.73. The minimum absolute atomic E-state index is 0.0595. The van der Waals surface area contributed by atoms with E-state index in [2.05, 4.69) is 25.2 Å². The fourth-order valence-electron chi connectivity index (χ4n) is 3.93. The number of pyridine rings is 1. The molecule has 3 aromatic heterocycles. The van der Waals surface area contributed by atoms with Crippen LogP contribution in [0.15, 0.2) is 79.5 Å². The van der Waals surface area contributed by atoms with Crippen molar-refractivity contribution >= 4 is 23.4 Å². The van der Waals surface area contributed by atoms with Gasteiger partial charge in [0.1, 0.15) is 23.8 Å². The Bertz CT molecular complexity index is 1230. The Balaban J connectivity index is 1.21. The highest BCUT2D eigenvalue weighted by atomic mass is 16.2. The summed E-state index contributed by atoms with van der Waals surface area (Å²) in [6.45, 7) is 4.74. The number of aromatic nitrogens is 4. The highest BCUT2D eigenvalue weighted by molar-refractivity contribution is 5.94. The molecule has 1 saturated heterocycles. The maximum absolute atomic E-state index is 13.0. The predicted molar refractivity (Wildman–Crippen MR) is 128 cm³/mol. The van der Waals surface area contributed by atoms with Crippen LogP contribution in [0, 0.1) is 6.92 Å². The Morgan fingerprint density at radius 2 is 1.61 bits per heavy atom. The quantitative estimate of drug-likeness (QED) is 0.511. The van der Waals surface area contributed by atoms with Gasteiger partial charge >= 0.3 is 0 Å². The zero-order valence-corrected chi connectivity index (χ0v) is 18.4. The summed E-state index contributed by atoms with van der Waals surface area (Å²) in [6, 6.07) is 17.5. The number of benzene rings is 1. The zero-order chi connectivity index (χ0) is 22.6. The standard InChI is InChI=1S/C25H25N7O/c1-19-8-9-26-22(16-19)29-23-17-24(28-18-27-23)31-12-14-32(15-13-31)25(33)20-4-6-21(7-5-20)30-10-2-3-11-30/h2-11,16-18H,12-15H2,1H3,(H,26,27,28,29). The number of carbonyl (C=O) groups is 1. The van der Waals surface area contributed by atoms with Crippen LogP contribution in [0.1, 0.15) is 15.9 Å². The number of rotatable bonds is 5. The van der Waals surface area contributed by atoms with Crippen molar-refractivity contribution in [2.45, 2.75) is 6.92 Å². The Kier molecular flexibility index (Phi) is 5.72. The number of hydrogen-bond acceptors (Lipinski definition) is 6. The Hall–Kier alpha value is -4.20. The van der Waals surface area contributed by atoms with Crippen molar-refractivity contribution in [3.05, 3.63) is 90.6 Å². The van der Waals surface area contributed by atoms with Gasteiger partial charge in [0.15, 0.2) is 0 Å². The van der Waals surface area contributed by atoms with E-state index >= 15 is 0 Å². The molecule has 8 nitrogen and oxygen atoms in total. The number of aryl methyl sites for hydroxylation is 1. The summed E-state index contributed by atoms with van der Waals surface area (Å²) in [5, 5.41) is 3.23. The highest BCUT2D eigenvalue weighted by Crippen LogP contribution is 2.20. The number of nitrogens with one attached hydrogen (secondary N) is 1. The Labute approximate surface area is 192 Å². The number of piperazine rings is 1. The second-order valence-electron chi connectivity index (χ2n) is 8.02. The van der Waals surface area contributed by atoms with Crippen LogP contribution in [-0.4, -0.2) is 56.5 Å². The van der Waals surface area contributed by atoms with Crippen molar-refractivity contribution in [2.75, 3.05) is 36.4 Å². The van der Waals surface area contributed by atoms with E-state index < -0.39 is 0 Å². The predicted octanol–water partition coefficient (Wildman–Crippen LogP) is 3.68. The fourth-order valence-corrected chi connectivity index (χ4v) is 3.93. The van der Waals surface area contributed by atoms with E-state index in [-0.39, 0.29) is 5.91 Å². The molecule has 0 atom stereocenters. The molecule has 1 N–H and O–H groups in total.